The molecule has 0 saturated carbocycles. The number of benzene rings is 1. The van der Waals surface area contributed by atoms with Crippen molar-refractivity contribution in [1.82, 2.24) is 0 Å². The van der Waals surface area contributed by atoms with Crippen LogP contribution in [0.25, 0.3) is 0 Å². The van der Waals surface area contributed by atoms with Crippen LogP contribution in [0.3, 0.4) is 0 Å². The number of aromatic hydroxyl groups is 1. The molecule has 2 nitrogen and oxygen atoms in total. The van der Waals surface area contributed by atoms with Crippen LogP contribution in [0, 0.1) is 0 Å². The van der Waals surface area contributed by atoms with Crippen molar-refractivity contribution in [2.75, 3.05) is 0 Å². The van der Waals surface area contributed by atoms with Gasteiger partial charge in [-0.1, -0.05) is 0 Å². The zero-order valence-corrected chi connectivity index (χ0v) is 8.68. The van der Waals surface area contributed by atoms with Crippen LogP contribution < -0.4 is 0 Å². The SMILES string of the molecule is O=C1CCCc2c1ccc(O)c2CS. The van der Waals surface area contributed by atoms with Gasteiger partial charge in [-0.05, 0) is 30.5 Å². The van der Waals surface area contributed by atoms with Crippen LogP contribution >= 0.6 is 12.6 Å². The van der Waals surface area contributed by atoms with Crippen molar-refractivity contribution >= 4 is 18.4 Å². The fourth-order valence-electron chi connectivity index (χ4n) is 1.96. The van der Waals surface area contributed by atoms with Gasteiger partial charge in [0, 0.05) is 23.3 Å². The normalized spacial score (nSPS) is 15.4. The van der Waals surface area contributed by atoms with E-state index in [4.69, 9.17) is 0 Å². The Bertz CT molecular complexity index is 385. The van der Waals surface area contributed by atoms with E-state index in [1.54, 1.807) is 12.1 Å². The minimum Gasteiger partial charge on any atom is -0.508 e. The molecule has 1 N–H and O–H groups in total. The number of hydrogen-bond donors (Lipinski definition) is 2. The van der Waals surface area contributed by atoms with E-state index in [2.05, 4.69) is 12.6 Å². The molecule has 0 fully saturated rings. The van der Waals surface area contributed by atoms with Crippen LogP contribution in [0.15, 0.2) is 12.1 Å². The van der Waals surface area contributed by atoms with E-state index >= 15 is 0 Å². The molecule has 0 aromatic heterocycles. The number of fused-ring (bicyclic) bond motifs is 1. The molecule has 2 rings (SSSR count). The average Bonchev–Trinajstić information content (AvgIpc) is 2.18. The van der Waals surface area contributed by atoms with Gasteiger partial charge in [-0.2, -0.15) is 12.6 Å². The van der Waals surface area contributed by atoms with Crippen molar-refractivity contribution in [2.24, 2.45) is 0 Å². The van der Waals surface area contributed by atoms with Crippen LogP contribution in [0.4, 0.5) is 0 Å². The Balaban J connectivity index is 2.61. The summed E-state index contributed by atoms with van der Waals surface area (Å²) in [6, 6.07) is 3.31. The van der Waals surface area contributed by atoms with Crippen molar-refractivity contribution in [1.29, 1.82) is 0 Å². The molecule has 0 bridgehead atoms. The fraction of sp³-hybridized carbons (Fsp3) is 0.364. The summed E-state index contributed by atoms with van der Waals surface area (Å²) in [6.45, 7) is 0. The molecule has 0 saturated heterocycles. The molecule has 0 aliphatic heterocycles. The molecule has 0 heterocycles. The second-order valence-electron chi connectivity index (χ2n) is 3.52. The number of hydrogen-bond acceptors (Lipinski definition) is 3. The lowest BCUT2D eigenvalue weighted by atomic mass is 9.87. The molecule has 1 aromatic carbocycles. The largest absolute Gasteiger partial charge is 0.508 e. The quantitative estimate of drug-likeness (QED) is 0.695. The van der Waals surface area contributed by atoms with E-state index in [9.17, 15) is 9.90 Å². The summed E-state index contributed by atoms with van der Waals surface area (Å²) >= 11 is 4.17. The van der Waals surface area contributed by atoms with E-state index in [0.717, 1.165) is 29.5 Å². The molecule has 0 radical (unpaired) electrons. The summed E-state index contributed by atoms with van der Waals surface area (Å²) < 4.78 is 0. The average molecular weight is 208 g/mol. The molecule has 3 heteroatoms. The maximum atomic E-state index is 11.6. The monoisotopic (exact) mass is 208 g/mol. The van der Waals surface area contributed by atoms with Gasteiger partial charge < -0.3 is 5.11 Å². The number of rotatable bonds is 1. The first-order valence-electron chi connectivity index (χ1n) is 4.72. The van der Waals surface area contributed by atoms with Gasteiger partial charge in [-0.25, -0.2) is 0 Å². The van der Waals surface area contributed by atoms with E-state index in [0.29, 0.717) is 12.2 Å². The Morgan fingerprint density at radius 1 is 1.36 bits per heavy atom. The maximum absolute atomic E-state index is 11.6. The van der Waals surface area contributed by atoms with Crippen molar-refractivity contribution in [3.05, 3.63) is 28.8 Å². The fourth-order valence-corrected chi connectivity index (χ4v) is 2.32. The number of thiol groups is 1. The first kappa shape index (κ1) is 9.59. The molecule has 0 unspecified atom stereocenters. The number of Topliss-reactive ketones (excluding diaryl/α,β-unsaturated/α-hetero) is 1. The zero-order valence-electron chi connectivity index (χ0n) is 7.79. The van der Waals surface area contributed by atoms with Crippen LogP contribution in [-0.4, -0.2) is 10.9 Å². The Morgan fingerprint density at radius 2 is 2.14 bits per heavy atom. The number of phenolic OH excluding ortho intramolecular Hbond substituents is 1. The first-order chi connectivity index (χ1) is 6.74. The molecular weight excluding hydrogens is 196 g/mol. The Kier molecular flexibility index (Phi) is 2.50. The lowest BCUT2D eigenvalue weighted by Crippen LogP contribution is -2.12. The third-order valence-corrected chi connectivity index (χ3v) is 3.01. The minimum absolute atomic E-state index is 0.189. The van der Waals surface area contributed by atoms with Gasteiger partial charge in [-0.15, -0.1) is 0 Å². The van der Waals surface area contributed by atoms with Gasteiger partial charge in [0.1, 0.15) is 5.75 Å². The molecule has 0 spiro atoms. The summed E-state index contributed by atoms with van der Waals surface area (Å²) in [4.78, 5) is 11.6. The summed E-state index contributed by atoms with van der Waals surface area (Å²) in [5.74, 6) is 0.935. The zero-order chi connectivity index (χ0) is 10.1. The topological polar surface area (TPSA) is 37.3 Å². The van der Waals surface area contributed by atoms with Crippen molar-refractivity contribution in [3.63, 3.8) is 0 Å². The van der Waals surface area contributed by atoms with E-state index in [1.165, 1.54) is 0 Å². The predicted octanol–water partition coefficient (Wildman–Crippen LogP) is 2.34. The van der Waals surface area contributed by atoms with Crippen molar-refractivity contribution in [2.45, 2.75) is 25.0 Å². The Morgan fingerprint density at radius 3 is 2.86 bits per heavy atom. The minimum atomic E-state index is 0.189. The van der Waals surface area contributed by atoms with Gasteiger partial charge in [0.25, 0.3) is 0 Å². The summed E-state index contributed by atoms with van der Waals surface area (Å²) in [6.07, 6.45) is 2.39. The van der Waals surface area contributed by atoms with E-state index in [-0.39, 0.29) is 11.5 Å². The highest BCUT2D eigenvalue weighted by Crippen LogP contribution is 2.31. The van der Waals surface area contributed by atoms with Crippen LogP contribution in [0.5, 0.6) is 5.75 Å². The lowest BCUT2D eigenvalue weighted by molar-refractivity contribution is 0.0972. The maximum Gasteiger partial charge on any atom is 0.163 e. The number of carbonyl (C=O) groups excluding carboxylic acids is 1. The smallest absolute Gasteiger partial charge is 0.163 e. The van der Waals surface area contributed by atoms with E-state index < -0.39 is 0 Å². The second-order valence-corrected chi connectivity index (χ2v) is 3.84. The van der Waals surface area contributed by atoms with Gasteiger partial charge in [0.05, 0.1) is 0 Å². The molecule has 1 aliphatic rings. The molecule has 74 valence electrons. The Labute approximate surface area is 88.4 Å². The number of ketones is 1. The summed E-state index contributed by atoms with van der Waals surface area (Å²) in [5.41, 5.74) is 2.59. The number of phenols is 1. The van der Waals surface area contributed by atoms with E-state index in [1.807, 2.05) is 0 Å². The third-order valence-electron chi connectivity index (χ3n) is 2.70. The molecule has 1 aromatic rings. The third kappa shape index (κ3) is 1.42. The van der Waals surface area contributed by atoms with Gasteiger partial charge in [-0.3, -0.25) is 4.79 Å². The summed E-state index contributed by atoms with van der Waals surface area (Å²) in [5, 5.41) is 9.59. The van der Waals surface area contributed by atoms with Crippen molar-refractivity contribution < 1.29 is 9.90 Å². The highest BCUT2D eigenvalue weighted by Gasteiger charge is 2.20. The molecule has 1 aliphatic carbocycles. The predicted molar refractivity (Wildman–Crippen MR) is 58.1 cm³/mol. The highest BCUT2D eigenvalue weighted by atomic mass is 32.1. The molecule has 14 heavy (non-hydrogen) atoms. The second kappa shape index (κ2) is 3.65. The Hall–Kier alpha value is -0.960. The van der Waals surface area contributed by atoms with Crippen LogP contribution in [0.2, 0.25) is 0 Å². The standard InChI is InChI=1S/C11H12O2S/c12-10-3-1-2-7-8(10)4-5-11(13)9(7)6-14/h4-5,13-14H,1-3,6H2. The van der Waals surface area contributed by atoms with Gasteiger partial charge in [0.2, 0.25) is 0 Å². The summed E-state index contributed by atoms with van der Waals surface area (Å²) in [7, 11) is 0. The van der Waals surface area contributed by atoms with Gasteiger partial charge >= 0.3 is 0 Å². The van der Waals surface area contributed by atoms with Gasteiger partial charge in [0.15, 0.2) is 5.78 Å². The highest BCUT2D eigenvalue weighted by molar-refractivity contribution is 7.79. The molecular formula is C11H12O2S. The molecule has 0 atom stereocenters. The molecule has 0 amide bonds. The number of carbonyl (C=O) groups is 1. The van der Waals surface area contributed by atoms with Crippen molar-refractivity contribution in [3.8, 4) is 5.75 Å². The first-order valence-corrected chi connectivity index (χ1v) is 5.35. The van der Waals surface area contributed by atoms with Crippen LogP contribution in [-0.2, 0) is 12.2 Å². The lowest BCUT2D eigenvalue weighted by Gasteiger charge is -2.18. The van der Waals surface area contributed by atoms with Crippen LogP contribution in [0.1, 0.15) is 34.3 Å².